The fourth-order valence-electron chi connectivity index (χ4n) is 3.16. The fourth-order valence-corrected chi connectivity index (χ4v) is 3.16. The lowest BCUT2D eigenvalue weighted by Crippen LogP contribution is -2.44. The molecule has 2 fully saturated rings. The second-order valence-electron chi connectivity index (χ2n) is 6.24. The van der Waals surface area contributed by atoms with Gasteiger partial charge in [-0.05, 0) is 13.3 Å². The zero-order valence-electron chi connectivity index (χ0n) is 12.7. The van der Waals surface area contributed by atoms with Crippen molar-refractivity contribution in [2.75, 3.05) is 24.6 Å². The van der Waals surface area contributed by atoms with Gasteiger partial charge in [0.15, 0.2) is 23.2 Å². The zero-order valence-corrected chi connectivity index (χ0v) is 12.7. The minimum atomic E-state index is -1.57. The normalized spacial score (nSPS) is 34.1. The van der Waals surface area contributed by atoms with E-state index in [1.807, 2.05) is 0 Å². The van der Waals surface area contributed by atoms with E-state index in [1.165, 1.54) is 19.6 Å². The van der Waals surface area contributed by atoms with Crippen LogP contribution in [-0.2, 0) is 4.74 Å². The summed E-state index contributed by atoms with van der Waals surface area (Å²) in [5, 5.41) is 30.0. The van der Waals surface area contributed by atoms with E-state index in [4.69, 9.17) is 4.74 Å². The van der Waals surface area contributed by atoms with Gasteiger partial charge >= 0.3 is 0 Å². The van der Waals surface area contributed by atoms with Gasteiger partial charge in [0.25, 0.3) is 0 Å². The molecular formula is C14H19N5O4. The molecule has 2 aromatic heterocycles. The second kappa shape index (κ2) is 5.10. The molecule has 0 radical (unpaired) electrons. The number of imidazole rings is 1. The number of aliphatic hydroxyl groups excluding tert-OH is 2. The van der Waals surface area contributed by atoms with Crippen LogP contribution < -0.4 is 4.90 Å². The van der Waals surface area contributed by atoms with Gasteiger partial charge in [0.1, 0.15) is 24.1 Å². The van der Waals surface area contributed by atoms with E-state index < -0.39 is 24.0 Å². The molecule has 124 valence electrons. The molecule has 0 spiro atoms. The number of aromatic nitrogens is 4. The van der Waals surface area contributed by atoms with Crippen molar-refractivity contribution in [3.63, 3.8) is 0 Å². The first-order valence-electron chi connectivity index (χ1n) is 7.63. The van der Waals surface area contributed by atoms with Crippen molar-refractivity contribution in [3.8, 4) is 0 Å². The second-order valence-corrected chi connectivity index (χ2v) is 6.24. The molecule has 2 aliphatic heterocycles. The maximum absolute atomic E-state index is 10.6. The highest BCUT2D eigenvalue weighted by molar-refractivity contribution is 5.83. The van der Waals surface area contributed by atoms with Crippen molar-refractivity contribution < 1.29 is 20.1 Å². The quantitative estimate of drug-likeness (QED) is 0.662. The van der Waals surface area contributed by atoms with Crippen LogP contribution in [0.1, 0.15) is 19.6 Å². The van der Waals surface area contributed by atoms with Crippen molar-refractivity contribution in [1.82, 2.24) is 19.5 Å². The number of hydrogen-bond donors (Lipinski definition) is 3. The van der Waals surface area contributed by atoms with E-state index in [1.54, 1.807) is 4.57 Å². The van der Waals surface area contributed by atoms with Gasteiger partial charge in [-0.1, -0.05) is 0 Å². The number of nitrogens with zero attached hydrogens (tertiary/aromatic N) is 5. The summed E-state index contributed by atoms with van der Waals surface area (Å²) in [6.07, 6.45) is 1.15. The van der Waals surface area contributed by atoms with Gasteiger partial charge in [0.2, 0.25) is 0 Å². The smallest absolute Gasteiger partial charge is 0.168 e. The predicted molar refractivity (Wildman–Crippen MR) is 79.8 cm³/mol. The molecule has 0 amide bonds. The molecule has 9 nitrogen and oxygen atoms in total. The predicted octanol–water partition coefficient (Wildman–Crippen LogP) is -0.962. The van der Waals surface area contributed by atoms with Crippen molar-refractivity contribution >= 4 is 17.0 Å². The van der Waals surface area contributed by atoms with Gasteiger partial charge in [-0.25, -0.2) is 15.0 Å². The van der Waals surface area contributed by atoms with Crippen LogP contribution in [0, 0.1) is 0 Å². The van der Waals surface area contributed by atoms with Crippen LogP contribution in [0.2, 0.25) is 0 Å². The molecule has 2 saturated heterocycles. The van der Waals surface area contributed by atoms with Crippen molar-refractivity contribution in [2.45, 2.75) is 37.4 Å². The van der Waals surface area contributed by atoms with Crippen LogP contribution in [-0.4, -0.2) is 72.3 Å². The number of aliphatic hydroxyl groups is 3. The molecule has 0 bridgehead atoms. The van der Waals surface area contributed by atoms with E-state index in [-0.39, 0.29) is 6.61 Å². The molecule has 4 unspecified atom stereocenters. The molecule has 2 aliphatic rings. The lowest BCUT2D eigenvalue weighted by molar-refractivity contribution is -0.0950. The monoisotopic (exact) mass is 321 g/mol. The Balaban J connectivity index is 1.78. The van der Waals surface area contributed by atoms with E-state index in [0.29, 0.717) is 11.2 Å². The molecule has 3 N–H and O–H groups in total. The summed E-state index contributed by atoms with van der Waals surface area (Å²) < 4.78 is 7.21. The van der Waals surface area contributed by atoms with Gasteiger partial charge in [-0.2, -0.15) is 0 Å². The number of fused-ring (bicyclic) bond motifs is 1. The van der Waals surface area contributed by atoms with Crippen LogP contribution in [0.5, 0.6) is 0 Å². The van der Waals surface area contributed by atoms with E-state index in [9.17, 15) is 15.3 Å². The Labute approximate surface area is 132 Å². The van der Waals surface area contributed by atoms with Gasteiger partial charge < -0.3 is 25.0 Å². The van der Waals surface area contributed by atoms with E-state index >= 15 is 0 Å². The van der Waals surface area contributed by atoms with Crippen LogP contribution in [0.4, 0.5) is 5.82 Å². The maximum atomic E-state index is 10.6. The fraction of sp³-hybridized carbons (Fsp3) is 0.643. The summed E-state index contributed by atoms with van der Waals surface area (Å²) in [5.74, 6) is 0.761. The van der Waals surface area contributed by atoms with Gasteiger partial charge in [-0.15, -0.1) is 0 Å². The minimum absolute atomic E-state index is 0.380. The van der Waals surface area contributed by atoms with Gasteiger partial charge in [-0.3, -0.25) is 4.57 Å². The Bertz CT molecular complexity index is 729. The number of anilines is 1. The third-order valence-electron chi connectivity index (χ3n) is 4.68. The van der Waals surface area contributed by atoms with Gasteiger partial charge in [0, 0.05) is 13.1 Å². The molecule has 4 atom stereocenters. The van der Waals surface area contributed by atoms with Crippen molar-refractivity contribution in [1.29, 1.82) is 0 Å². The lowest BCUT2D eigenvalue weighted by Gasteiger charge is -2.32. The Hall–Kier alpha value is -1.81. The zero-order chi connectivity index (χ0) is 16.2. The SMILES string of the molecule is CC1(O)C(O)C(CO)OC1n1cnc2c(N3CCC3)ncnc21. The highest BCUT2D eigenvalue weighted by Gasteiger charge is 2.53. The highest BCUT2D eigenvalue weighted by Crippen LogP contribution is 2.39. The van der Waals surface area contributed by atoms with Crippen molar-refractivity contribution in [2.24, 2.45) is 0 Å². The third-order valence-corrected chi connectivity index (χ3v) is 4.68. The van der Waals surface area contributed by atoms with Gasteiger partial charge in [0.05, 0.1) is 12.9 Å². The summed E-state index contributed by atoms with van der Waals surface area (Å²) in [4.78, 5) is 15.0. The molecule has 4 heterocycles. The summed E-state index contributed by atoms with van der Waals surface area (Å²) >= 11 is 0. The molecule has 9 heteroatoms. The summed E-state index contributed by atoms with van der Waals surface area (Å²) in [6, 6.07) is 0. The Morgan fingerprint density at radius 3 is 2.74 bits per heavy atom. The maximum Gasteiger partial charge on any atom is 0.168 e. The molecule has 0 aromatic carbocycles. The van der Waals surface area contributed by atoms with Crippen LogP contribution in [0.25, 0.3) is 11.2 Å². The first-order chi connectivity index (χ1) is 11.0. The van der Waals surface area contributed by atoms with E-state index in [2.05, 4.69) is 19.9 Å². The van der Waals surface area contributed by atoms with Crippen molar-refractivity contribution in [3.05, 3.63) is 12.7 Å². The first kappa shape index (κ1) is 14.8. The topological polar surface area (TPSA) is 117 Å². The standard InChI is InChI=1S/C14H19N5O4/c1-14(22)10(21)8(5-20)23-13(14)19-7-17-9-11(18-3-2-4-18)15-6-16-12(9)19/h6-8,10,13,20-22H,2-5H2,1H3. The molecule has 23 heavy (non-hydrogen) atoms. The summed E-state index contributed by atoms with van der Waals surface area (Å²) in [5.41, 5.74) is -0.408. The summed E-state index contributed by atoms with van der Waals surface area (Å²) in [6.45, 7) is 2.96. The first-order valence-corrected chi connectivity index (χ1v) is 7.63. The Morgan fingerprint density at radius 1 is 1.35 bits per heavy atom. The average Bonchev–Trinajstić information content (AvgIpc) is 2.99. The number of rotatable bonds is 3. The largest absolute Gasteiger partial charge is 0.394 e. The Kier molecular flexibility index (Phi) is 3.27. The van der Waals surface area contributed by atoms with E-state index in [0.717, 1.165) is 25.3 Å². The highest BCUT2D eigenvalue weighted by atomic mass is 16.6. The molecule has 4 rings (SSSR count). The number of hydrogen-bond acceptors (Lipinski definition) is 8. The van der Waals surface area contributed by atoms with Crippen LogP contribution >= 0.6 is 0 Å². The van der Waals surface area contributed by atoms with Crippen LogP contribution in [0.3, 0.4) is 0 Å². The minimum Gasteiger partial charge on any atom is -0.394 e. The Morgan fingerprint density at radius 2 is 2.13 bits per heavy atom. The lowest BCUT2D eigenvalue weighted by atomic mass is 9.96. The molecule has 0 saturated carbocycles. The average molecular weight is 321 g/mol. The molecule has 2 aromatic rings. The third kappa shape index (κ3) is 2.04. The summed E-state index contributed by atoms with van der Waals surface area (Å²) in [7, 11) is 0. The molecule has 0 aliphatic carbocycles. The number of ether oxygens (including phenoxy) is 1. The van der Waals surface area contributed by atoms with Crippen LogP contribution in [0.15, 0.2) is 12.7 Å². The molecular weight excluding hydrogens is 302 g/mol.